The quantitative estimate of drug-likeness (QED) is 0.465. The predicted molar refractivity (Wildman–Crippen MR) is 84.4 cm³/mol. The van der Waals surface area contributed by atoms with Gasteiger partial charge in [0.1, 0.15) is 11.4 Å². The summed E-state index contributed by atoms with van der Waals surface area (Å²) in [6.07, 6.45) is -0.0727. The number of nitrogens with one attached hydrogen (secondary N) is 5. The number of aromatic nitrogens is 4. The normalized spacial score (nSPS) is 16.1. The van der Waals surface area contributed by atoms with Gasteiger partial charge in [0.05, 0.1) is 12.3 Å². The van der Waals surface area contributed by atoms with Crippen LogP contribution >= 0.6 is 0 Å². The molecule has 1 aliphatic heterocycles. The minimum absolute atomic E-state index is 0.0727. The van der Waals surface area contributed by atoms with E-state index in [1.54, 1.807) is 6.92 Å². The van der Waals surface area contributed by atoms with Gasteiger partial charge in [-0.3, -0.25) is 19.7 Å². The summed E-state index contributed by atoms with van der Waals surface area (Å²) in [5, 5.41) is 11.5. The fourth-order valence-electron chi connectivity index (χ4n) is 2.82. The average Bonchev–Trinajstić information content (AvgIpc) is 3.17. The lowest BCUT2D eigenvalue weighted by Gasteiger charge is -2.22. The van der Waals surface area contributed by atoms with Gasteiger partial charge in [0.2, 0.25) is 5.91 Å². The van der Waals surface area contributed by atoms with Crippen LogP contribution in [0.3, 0.4) is 0 Å². The van der Waals surface area contributed by atoms with Crippen molar-refractivity contribution >= 4 is 23.6 Å². The molecule has 0 saturated carbocycles. The number of nitrogens with zero attached hydrogens (tertiary/aromatic N) is 1. The van der Waals surface area contributed by atoms with Crippen LogP contribution in [0.15, 0.2) is 4.79 Å². The van der Waals surface area contributed by atoms with E-state index in [4.69, 9.17) is 4.74 Å². The number of hydrogen-bond acceptors (Lipinski definition) is 6. The smallest absolute Gasteiger partial charge is 0.356 e. The van der Waals surface area contributed by atoms with Gasteiger partial charge >= 0.3 is 11.7 Å². The third-order valence-electron chi connectivity index (χ3n) is 3.84. The number of anilines is 1. The van der Waals surface area contributed by atoms with E-state index in [-0.39, 0.29) is 41.8 Å². The summed E-state index contributed by atoms with van der Waals surface area (Å²) in [5.41, 5.74) is 0.00217. The molecule has 3 heterocycles. The maximum atomic E-state index is 12.1. The number of ether oxygens (including phenoxy) is 1. The zero-order chi connectivity index (χ0) is 18.1. The second kappa shape index (κ2) is 6.26. The first-order valence-electron chi connectivity index (χ1n) is 7.55. The van der Waals surface area contributed by atoms with Crippen molar-refractivity contribution in [2.24, 2.45) is 0 Å². The summed E-state index contributed by atoms with van der Waals surface area (Å²) in [4.78, 5) is 52.8. The van der Waals surface area contributed by atoms with E-state index in [1.807, 2.05) is 0 Å². The molecule has 0 aromatic carbocycles. The van der Waals surface area contributed by atoms with Crippen LogP contribution in [-0.2, 0) is 9.53 Å². The molecule has 0 saturated heterocycles. The summed E-state index contributed by atoms with van der Waals surface area (Å²) >= 11 is 0. The van der Waals surface area contributed by atoms with Crippen LogP contribution in [0.4, 0.5) is 5.82 Å². The van der Waals surface area contributed by atoms with Gasteiger partial charge in [-0.25, -0.2) is 9.59 Å². The second-order valence-corrected chi connectivity index (χ2v) is 5.33. The predicted octanol–water partition coefficient (Wildman–Crippen LogP) is -0.563. The van der Waals surface area contributed by atoms with Gasteiger partial charge in [-0.15, -0.1) is 0 Å². The first-order chi connectivity index (χ1) is 12.0. The first-order valence-corrected chi connectivity index (χ1v) is 7.55. The molecule has 2 amide bonds. The Bertz CT molecular complexity index is 907. The number of H-pyrrole nitrogens is 3. The van der Waals surface area contributed by atoms with E-state index < -0.39 is 23.5 Å². The summed E-state index contributed by atoms with van der Waals surface area (Å²) < 4.78 is 4.94. The first kappa shape index (κ1) is 16.5. The molecule has 1 aliphatic rings. The number of carbonyl (C=O) groups excluding carboxylic acids is 3. The molecule has 3 rings (SSSR count). The van der Waals surface area contributed by atoms with Crippen LogP contribution in [0, 0.1) is 0 Å². The van der Waals surface area contributed by atoms with Crippen molar-refractivity contribution in [1.29, 1.82) is 0 Å². The minimum Gasteiger partial charge on any atom is -0.461 e. The molecule has 0 fully saturated rings. The monoisotopic (exact) mass is 348 g/mol. The standard InChI is InChI=1S/C14H16N6O5/c1-3-25-13(23)10-8(17-14(24)18-10)5-4-6(21)16-11-7(5)9(19-20-11)12(22)15-2/h5H,3-4H2,1-2H3,(H,15,22)(H2,17,18,24)(H2,16,19,20,21). The van der Waals surface area contributed by atoms with Crippen LogP contribution in [0.1, 0.15) is 51.5 Å². The molecule has 5 N–H and O–H groups in total. The third kappa shape index (κ3) is 2.79. The lowest BCUT2D eigenvalue weighted by Crippen LogP contribution is -2.27. The Morgan fingerprint density at radius 1 is 1.28 bits per heavy atom. The second-order valence-electron chi connectivity index (χ2n) is 5.33. The van der Waals surface area contributed by atoms with Crippen LogP contribution in [0.2, 0.25) is 0 Å². The number of rotatable bonds is 4. The highest BCUT2D eigenvalue weighted by atomic mass is 16.5. The topological polar surface area (TPSA) is 162 Å². The Morgan fingerprint density at radius 2 is 2.04 bits per heavy atom. The largest absolute Gasteiger partial charge is 0.461 e. The van der Waals surface area contributed by atoms with Gasteiger partial charge in [-0.1, -0.05) is 0 Å². The third-order valence-corrected chi connectivity index (χ3v) is 3.84. The van der Waals surface area contributed by atoms with Crippen molar-refractivity contribution in [2.45, 2.75) is 19.3 Å². The Hall–Kier alpha value is -3.37. The van der Waals surface area contributed by atoms with Gasteiger partial charge < -0.3 is 20.4 Å². The van der Waals surface area contributed by atoms with Gasteiger partial charge in [0.15, 0.2) is 5.82 Å². The van der Waals surface area contributed by atoms with E-state index in [2.05, 4.69) is 30.8 Å². The van der Waals surface area contributed by atoms with Crippen LogP contribution in [0.25, 0.3) is 0 Å². The average molecular weight is 348 g/mol. The van der Waals surface area contributed by atoms with Gasteiger partial charge in [0, 0.05) is 24.9 Å². The van der Waals surface area contributed by atoms with E-state index in [1.165, 1.54) is 7.05 Å². The molecule has 0 aliphatic carbocycles. The Morgan fingerprint density at radius 3 is 2.72 bits per heavy atom. The van der Waals surface area contributed by atoms with Gasteiger partial charge in [0.25, 0.3) is 5.91 Å². The van der Waals surface area contributed by atoms with Crippen LogP contribution in [0.5, 0.6) is 0 Å². The number of carbonyl (C=O) groups is 3. The number of esters is 1. The number of imidazole rings is 1. The minimum atomic E-state index is -0.742. The Balaban J connectivity index is 2.15. The molecule has 0 bridgehead atoms. The fraction of sp³-hybridized carbons (Fsp3) is 0.357. The van der Waals surface area contributed by atoms with E-state index in [0.29, 0.717) is 5.56 Å². The summed E-state index contributed by atoms with van der Waals surface area (Å²) in [6.45, 7) is 1.76. The summed E-state index contributed by atoms with van der Waals surface area (Å²) in [6, 6.07) is 0. The maximum Gasteiger partial charge on any atom is 0.356 e. The molecule has 0 radical (unpaired) electrons. The number of fused-ring (bicyclic) bond motifs is 1. The highest BCUT2D eigenvalue weighted by Crippen LogP contribution is 2.38. The zero-order valence-electron chi connectivity index (χ0n) is 13.5. The van der Waals surface area contributed by atoms with Crippen molar-refractivity contribution in [2.75, 3.05) is 19.0 Å². The fourth-order valence-corrected chi connectivity index (χ4v) is 2.82. The maximum absolute atomic E-state index is 12.1. The van der Waals surface area contributed by atoms with Crippen LogP contribution < -0.4 is 16.3 Å². The Labute approximate surface area is 140 Å². The molecule has 0 spiro atoms. The van der Waals surface area contributed by atoms with Gasteiger partial charge in [-0.2, -0.15) is 5.10 Å². The van der Waals surface area contributed by atoms with E-state index >= 15 is 0 Å². The molecule has 11 nitrogen and oxygen atoms in total. The van der Waals surface area contributed by atoms with Crippen molar-refractivity contribution in [3.8, 4) is 0 Å². The van der Waals surface area contributed by atoms with E-state index in [9.17, 15) is 19.2 Å². The molecular weight excluding hydrogens is 332 g/mol. The van der Waals surface area contributed by atoms with Gasteiger partial charge in [-0.05, 0) is 6.92 Å². The molecule has 25 heavy (non-hydrogen) atoms. The molecular formula is C14H16N6O5. The zero-order valence-corrected chi connectivity index (χ0v) is 13.5. The highest BCUT2D eigenvalue weighted by Gasteiger charge is 2.37. The number of amides is 2. The molecule has 1 unspecified atom stereocenters. The summed E-state index contributed by atoms with van der Waals surface area (Å²) in [7, 11) is 1.45. The highest BCUT2D eigenvalue weighted by molar-refractivity contribution is 6.01. The molecule has 2 aromatic rings. The number of aromatic amines is 3. The molecule has 1 atom stereocenters. The lowest BCUT2D eigenvalue weighted by molar-refractivity contribution is -0.116. The van der Waals surface area contributed by atoms with E-state index in [0.717, 1.165) is 0 Å². The molecule has 132 valence electrons. The SMILES string of the molecule is CCOC(=O)c1[nH]c(=O)[nH]c1C1CC(=O)Nc2n[nH]c(C(=O)NC)c21. The van der Waals surface area contributed by atoms with Crippen molar-refractivity contribution in [1.82, 2.24) is 25.5 Å². The van der Waals surface area contributed by atoms with Crippen molar-refractivity contribution in [3.63, 3.8) is 0 Å². The molecule has 11 heteroatoms. The van der Waals surface area contributed by atoms with Crippen molar-refractivity contribution in [3.05, 3.63) is 33.1 Å². The summed E-state index contributed by atoms with van der Waals surface area (Å²) in [5.74, 6) is -2.09. The Kier molecular flexibility index (Phi) is 4.13. The van der Waals surface area contributed by atoms with Crippen molar-refractivity contribution < 1.29 is 19.1 Å². The molecule has 2 aromatic heterocycles. The van der Waals surface area contributed by atoms with Crippen LogP contribution in [-0.4, -0.2) is 51.6 Å². The number of hydrogen-bond donors (Lipinski definition) is 5. The lowest BCUT2D eigenvalue weighted by atomic mass is 9.88.